The zero-order chi connectivity index (χ0) is 25.5. The largest absolute Gasteiger partial charge is 0.458 e. The molecule has 4 heterocycles. The maximum atomic E-state index is 14.9. The molecule has 0 saturated heterocycles. The topological polar surface area (TPSA) is 128 Å². The van der Waals surface area contributed by atoms with Gasteiger partial charge in [0, 0.05) is 41.1 Å². The number of benzene rings is 1. The quantitative estimate of drug-likeness (QED) is 0.372. The van der Waals surface area contributed by atoms with E-state index in [4.69, 9.17) is 15.5 Å². The molecule has 0 spiro atoms. The van der Waals surface area contributed by atoms with Crippen molar-refractivity contribution >= 4 is 16.9 Å². The van der Waals surface area contributed by atoms with E-state index in [2.05, 4.69) is 0 Å². The highest BCUT2D eigenvalue weighted by Crippen LogP contribution is 2.47. The minimum absolute atomic E-state index is 0.0422. The molecule has 0 unspecified atom stereocenters. The minimum Gasteiger partial charge on any atom is -0.458 e. The summed E-state index contributed by atoms with van der Waals surface area (Å²) in [5.41, 5.74) is 9.59. The lowest BCUT2D eigenvalue weighted by Gasteiger charge is -2.32. The Bertz CT molecular complexity index is 1530. The molecule has 0 bridgehead atoms. The van der Waals surface area contributed by atoms with E-state index in [9.17, 15) is 24.2 Å². The van der Waals surface area contributed by atoms with E-state index >= 15 is 0 Å². The van der Waals surface area contributed by atoms with Crippen LogP contribution in [0.15, 0.2) is 16.9 Å². The third-order valence-corrected chi connectivity index (χ3v) is 8.40. The molecular weight excluding hydrogens is 465 g/mol. The number of aryl methyl sites for hydroxylation is 1. The maximum absolute atomic E-state index is 14.9. The van der Waals surface area contributed by atoms with Crippen LogP contribution in [0.2, 0.25) is 0 Å². The Morgan fingerprint density at radius 1 is 1.31 bits per heavy atom. The second-order valence-corrected chi connectivity index (χ2v) is 10.1. The van der Waals surface area contributed by atoms with Crippen LogP contribution in [0.1, 0.15) is 65.5 Å². The molecule has 36 heavy (non-hydrogen) atoms. The van der Waals surface area contributed by atoms with Crippen LogP contribution in [0.3, 0.4) is 0 Å². The van der Waals surface area contributed by atoms with Crippen LogP contribution in [0.4, 0.5) is 4.39 Å². The fraction of sp³-hybridized carbons (Fsp3) is 0.444. The number of pyridine rings is 2. The molecule has 9 heteroatoms. The van der Waals surface area contributed by atoms with Crippen molar-refractivity contribution < 1.29 is 24.1 Å². The molecule has 3 aliphatic rings. The summed E-state index contributed by atoms with van der Waals surface area (Å²) in [7, 11) is 0. The molecule has 4 N–H and O–H groups in total. The fourth-order valence-corrected chi connectivity index (χ4v) is 6.37. The lowest BCUT2D eigenvalue weighted by Crippen LogP contribution is -2.44. The van der Waals surface area contributed by atoms with E-state index in [1.807, 2.05) is 0 Å². The second-order valence-electron chi connectivity index (χ2n) is 10.1. The summed E-state index contributed by atoms with van der Waals surface area (Å²) in [5, 5.41) is 21.6. The van der Waals surface area contributed by atoms with Gasteiger partial charge in [0.1, 0.15) is 12.4 Å². The number of rotatable bonds is 4. The van der Waals surface area contributed by atoms with Crippen molar-refractivity contribution in [2.75, 3.05) is 6.61 Å². The first-order valence-corrected chi connectivity index (χ1v) is 12.4. The molecule has 188 valence electrons. The third-order valence-electron chi connectivity index (χ3n) is 8.40. The molecule has 8 nitrogen and oxygen atoms in total. The van der Waals surface area contributed by atoms with Gasteiger partial charge in [0.05, 0.1) is 29.0 Å². The van der Waals surface area contributed by atoms with Gasteiger partial charge in [0.2, 0.25) is 0 Å². The molecule has 1 aliphatic carbocycles. The normalized spacial score (nSPS) is 22.7. The number of aliphatic hydroxyl groups is 2. The number of hydrogen-bond acceptors (Lipinski definition) is 7. The third kappa shape index (κ3) is 2.93. The van der Waals surface area contributed by atoms with E-state index in [1.165, 1.54) is 6.07 Å². The lowest BCUT2D eigenvalue weighted by molar-refractivity contribution is -0.172. The Balaban J connectivity index is 1.67. The molecule has 2 aromatic heterocycles. The summed E-state index contributed by atoms with van der Waals surface area (Å²) in [4.78, 5) is 30.9. The summed E-state index contributed by atoms with van der Waals surface area (Å²) in [6.07, 6.45) is 1.82. The molecule has 1 aromatic carbocycles. The predicted octanol–water partition coefficient (Wildman–Crippen LogP) is 2.27. The van der Waals surface area contributed by atoms with Crippen LogP contribution in [-0.2, 0) is 34.7 Å². The van der Waals surface area contributed by atoms with Crippen molar-refractivity contribution in [3.05, 3.63) is 61.7 Å². The molecule has 3 atom stereocenters. The first kappa shape index (κ1) is 23.3. The standard InChI is InChI=1S/C27H28FN3O5/c1-3-27(35)17-8-21-24-15(10-31(21)25(33)16(17)11-36-26(27)34)22-14(19(29)6-7-32)5-4-13-12(2)18(28)9-20(30-24)23(13)22/h8-9,14,19,32,35H,3-7,10-11,29H2,1-2H3/t14-,19+,27+/m1/s1. The van der Waals surface area contributed by atoms with Gasteiger partial charge in [-0.1, -0.05) is 6.92 Å². The van der Waals surface area contributed by atoms with Gasteiger partial charge in [-0.15, -0.1) is 0 Å². The second kappa shape index (κ2) is 7.93. The number of cyclic esters (lactones) is 1. The molecule has 0 amide bonds. The Labute approximate surface area is 206 Å². The molecule has 0 fully saturated rings. The number of nitrogens with zero attached hydrogens (tertiary/aromatic N) is 2. The molecule has 3 aromatic rings. The van der Waals surface area contributed by atoms with E-state index in [0.29, 0.717) is 41.7 Å². The number of aromatic nitrogens is 2. The monoisotopic (exact) mass is 493 g/mol. The van der Waals surface area contributed by atoms with Gasteiger partial charge in [-0.2, -0.15) is 0 Å². The van der Waals surface area contributed by atoms with Gasteiger partial charge in [-0.3, -0.25) is 4.79 Å². The number of aliphatic hydroxyl groups excluding tert-OH is 1. The number of ether oxygens (including phenoxy) is 1. The first-order valence-electron chi connectivity index (χ1n) is 12.4. The average molecular weight is 494 g/mol. The van der Waals surface area contributed by atoms with Crippen molar-refractivity contribution in [1.29, 1.82) is 0 Å². The van der Waals surface area contributed by atoms with E-state index in [1.54, 1.807) is 24.5 Å². The summed E-state index contributed by atoms with van der Waals surface area (Å²) in [5.74, 6) is -1.21. The van der Waals surface area contributed by atoms with Crippen LogP contribution < -0.4 is 11.3 Å². The Kier molecular flexibility index (Phi) is 5.13. The van der Waals surface area contributed by atoms with Crippen molar-refractivity contribution in [3.63, 3.8) is 0 Å². The Hall–Kier alpha value is -3.14. The predicted molar refractivity (Wildman–Crippen MR) is 130 cm³/mol. The number of carbonyl (C=O) groups is 1. The highest BCUT2D eigenvalue weighted by molar-refractivity contribution is 5.93. The number of halogens is 1. The fourth-order valence-electron chi connectivity index (χ4n) is 6.37. The van der Waals surface area contributed by atoms with Crippen molar-refractivity contribution in [2.24, 2.45) is 5.73 Å². The van der Waals surface area contributed by atoms with E-state index in [0.717, 1.165) is 22.1 Å². The van der Waals surface area contributed by atoms with Crippen LogP contribution in [0.25, 0.3) is 22.3 Å². The Morgan fingerprint density at radius 2 is 2.08 bits per heavy atom. The van der Waals surface area contributed by atoms with Crippen molar-refractivity contribution in [2.45, 2.75) is 70.2 Å². The van der Waals surface area contributed by atoms with Crippen LogP contribution in [-0.4, -0.2) is 38.4 Å². The van der Waals surface area contributed by atoms with Crippen molar-refractivity contribution in [1.82, 2.24) is 9.55 Å². The van der Waals surface area contributed by atoms with E-state index in [-0.39, 0.29) is 60.6 Å². The number of nitrogens with two attached hydrogens (primary N) is 1. The Morgan fingerprint density at radius 3 is 2.81 bits per heavy atom. The van der Waals surface area contributed by atoms with Gasteiger partial charge in [-0.05, 0) is 55.4 Å². The molecule has 0 saturated carbocycles. The SMILES string of the molecule is CC[C@@]1(O)C(=O)OCc2c1cc1n(c2=O)Cc2c-1nc1cc(F)c(C)c3c1c2[C@@H]([C@@H](N)CCO)CC3. The van der Waals surface area contributed by atoms with Crippen LogP contribution >= 0.6 is 0 Å². The maximum Gasteiger partial charge on any atom is 0.343 e. The first-order chi connectivity index (χ1) is 17.2. The summed E-state index contributed by atoms with van der Waals surface area (Å²) in [6.45, 7) is 3.44. The molecular formula is C27H28FN3O5. The van der Waals surface area contributed by atoms with Crippen LogP contribution in [0.5, 0.6) is 0 Å². The van der Waals surface area contributed by atoms with Crippen LogP contribution in [0, 0.1) is 12.7 Å². The lowest BCUT2D eigenvalue weighted by atomic mass is 9.74. The summed E-state index contributed by atoms with van der Waals surface area (Å²) >= 11 is 0. The molecule has 0 radical (unpaired) electrons. The molecule has 6 rings (SSSR count). The number of fused-ring (bicyclic) bond motifs is 5. The van der Waals surface area contributed by atoms with Crippen molar-refractivity contribution in [3.8, 4) is 11.4 Å². The highest BCUT2D eigenvalue weighted by atomic mass is 19.1. The van der Waals surface area contributed by atoms with E-state index < -0.39 is 11.6 Å². The number of hydrogen-bond donors (Lipinski definition) is 3. The summed E-state index contributed by atoms with van der Waals surface area (Å²) < 4.78 is 21.7. The highest BCUT2D eigenvalue weighted by Gasteiger charge is 2.46. The molecule has 2 aliphatic heterocycles. The van der Waals surface area contributed by atoms with Gasteiger partial charge in [0.25, 0.3) is 5.56 Å². The van der Waals surface area contributed by atoms with Gasteiger partial charge < -0.3 is 25.3 Å². The zero-order valence-corrected chi connectivity index (χ0v) is 20.2. The van der Waals surface area contributed by atoms with Gasteiger partial charge in [0.15, 0.2) is 5.60 Å². The van der Waals surface area contributed by atoms with Gasteiger partial charge >= 0.3 is 5.97 Å². The average Bonchev–Trinajstić information content (AvgIpc) is 3.24. The smallest absolute Gasteiger partial charge is 0.343 e. The number of esters is 1. The number of carbonyl (C=O) groups excluding carboxylic acids is 1. The summed E-state index contributed by atoms with van der Waals surface area (Å²) in [6, 6.07) is 2.78. The van der Waals surface area contributed by atoms with Gasteiger partial charge in [-0.25, -0.2) is 14.2 Å². The minimum atomic E-state index is -1.92. The zero-order valence-electron chi connectivity index (χ0n) is 20.2.